The fraction of sp³-hybridized carbons (Fsp3) is 0.0952. The van der Waals surface area contributed by atoms with Crippen molar-refractivity contribution >= 4 is 27.4 Å². The molecule has 0 amide bonds. The molecule has 0 spiro atoms. The number of hydrogen-bond acceptors (Lipinski definition) is 3. The summed E-state index contributed by atoms with van der Waals surface area (Å²) in [5.41, 5.74) is 2.43. The van der Waals surface area contributed by atoms with Crippen LogP contribution in [0, 0.1) is 0 Å². The highest BCUT2D eigenvalue weighted by Crippen LogP contribution is 2.27. The second-order valence-electron chi connectivity index (χ2n) is 5.59. The van der Waals surface area contributed by atoms with Crippen molar-refractivity contribution in [2.75, 3.05) is 12.4 Å². The summed E-state index contributed by atoms with van der Waals surface area (Å²) < 4.78 is 6.13. The van der Waals surface area contributed by atoms with E-state index in [0.717, 1.165) is 21.5 Å². The Labute approximate surface area is 155 Å². The smallest absolute Gasteiger partial charge is 0.189 e. The maximum absolute atomic E-state index is 13.1. The molecule has 3 nitrogen and oxygen atoms in total. The first-order valence-corrected chi connectivity index (χ1v) is 8.72. The molecule has 0 bridgehead atoms. The molecule has 3 aromatic carbocycles. The summed E-state index contributed by atoms with van der Waals surface area (Å²) in [5, 5.41) is 3.35. The Hall–Kier alpha value is -2.59. The van der Waals surface area contributed by atoms with Gasteiger partial charge in [-0.05, 0) is 42.0 Å². The number of Topliss-reactive ketones (excluding diaryl/α,β-unsaturated/α-hetero) is 1. The van der Waals surface area contributed by atoms with E-state index >= 15 is 0 Å². The Morgan fingerprint density at radius 1 is 0.960 bits per heavy atom. The summed E-state index contributed by atoms with van der Waals surface area (Å²) in [4.78, 5) is 13.1. The number of nitrogens with one attached hydrogen (secondary N) is 1. The molecule has 126 valence electrons. The van der Waals surface area contributed by atoms with Crippen LogP contribution < -0.4 is 10.1 Å². The monoisotopic (exact) mass is 395 g/mol. The normalized spacial score (nSPS) is 11.6. The molecule has 1 N–H and O–H groups in total. The van der Waals surface area contributed by atoms with Crippen LogP contribution in [-0.4, -0.2) is 12.9 Å². The van der Waals surface area contributed by atoms with Gasteiger partial charge in [0.25, 0.3) is 0 Å². The van der Waals surface area contributed by atoms with Gasteiger partial charge in [0.2, 0.25) is 0 Å². The SMILES string of the molecule is COc1ccc(N[C@H](C(=O)c2ccccc2)c2cccc(Br)c2)cc1. The van der Waals surface area contributed by atoms with Crippen LogP contribution in [0.15, 0.2) is 83.3 Å². The van der Waals surface area contributed by atoms with Gasteiger partial charge in [0.15, 0.2) is 5.78 Å². The Bertz CT molecular complexity index is 847. The third-order valence-electron chi connectivity index (χ3n) is 3.90. The van der Waals surface area contributed by atoms with Gasteiger partial charge in [0, 0.05) is 15.7 Å². The third kappa shape index (κ3) is 4.28. The minimum atomic E-state index is -0.478. The van der Waals surface area contributed by atoms with Crippen molar-refractivity contribution in [1.82, 2.24) is 0 Å². The lowest BCUT2D eigenvalue weighted by Gasteiger charge is -2.20. The van der Waals surface area contributed by atoms with Crippen molar-refractivity contribution < 1.29 is 9.53 Å². The summed E-state index contributed by atoms with van der Waals surface area (Å²) in [6.07, 6.45) is 0. The fourth-order valence-electron chi connectivity index (χ4n) is 2.61. The van der Waals surface area contributed by atoms with Crippen LogP contribution in [0.1, 0.15) is 22.0 Å². The zero-order valence-electron chi connectivity index (χ0n) is 13.8. The first kappa shape index (κ1) is 17.2. The highest BCUT2D eigenvalue weighted by Gasteiger charge is 2.22. The molecule has 1 atom stereocenters. The highest BCUT2D eigenvalue weighted by molar-refractivity contribution is 9.10. The number of ether oxygens (including phenoxy) is 1. The van der Waals surface area contributed by atoms with Gasteiger partial charge in [-0.25, -0.2) is 0 Å². The molecule has 25 heavy (non-hydrogen) atoms. The number of methoxy groups -OCH3 is 1. The lowest BCUT2D eigenvalue weighted by molar-refractivity contribution is 0.0969. The molecule has 0 aliphatic carbocycles. The van der Waals surface area contributed by atoms with E-state index in [1.807, 2.05) is 78.9 Å². The summed E-state index contributed by atoms with van der Waals surface area (Å²) in [5.74, 6) is 0.799. The average molecular weight is 396 g/mol. The van der Waals surface area contributed by atoms with Crippen molar-refractivity contribution in [1.29, 1.82) is 0 Å². The van der Waals surface area contributed by atoms with Gasteiger partial charge >= 0.3 is 0 Å². The van der Waals surface area contributed by atoms with Crippen LogP contribution in [-0.2, 0) is 0 Å². The van der Waals surface area contributed by atoms with E-state index in [4.69, 9.17) is 4.74 Å². The Morgan fingerprint density at radius 2 is 1.68 bits per heavy atom. The minimum absolute atomic E-state index is 0.0227. The van der Waals surface area contributed by atoms with Crippen LogP contribution >= 0.6 is 15.9 Å². The first-order valence-electron chi connectivity index (χ1n) is 7.92. The highest BCUT2D eigenvalue weighted by atomic mass is 79.9. The van der Waals surface area contributed by atoms with Gasteiger partial charge in [0.1, 0.15) is 11.8 Å². The second-order valence-corrected chi connectivity index (χ2v) is 6.51. The van der Waals surface area contributed by atoms with E-state index in [0.29, 0.717) is 5.56 Å². The zero-order chi connectivity index (χ0) is 17.6. The topological polar surface area (TPSA) is 38.3 Å². The lowest BCUT2D eigenvalue weighted by atomic mass is 9.97. The zero-order valence-corrected chi connectivity index (χ0v) is 15.4. The van der Waals surface area contributed by atoms with Crippen LogP contribution in [0.2, 0.25) is 0 Å². The number of carbonyl (C=O) groups excluding carboxylic acids is 1. The largest absolute Gasteiger partial charge is 0.497 e. The van der Waals surface area contributed by atoms with E-state index in [2.05, 4.69) is 21.2 Å². The van der Waals surface area contributed by atoms with E-state index in [-0.39, 0.29) is 5.78 Å². The van der Waals surface area contributed by atoms with Crippen LogP contribution in [0.3, 0.4) is 0 Å². The van der Waals surface area contributed by atoms with E-state index < -0.39 is 6.04 Å². The standard InChI is InChI=1S/C21H18BrNO2/c1-25-19-12-10-18(11-13-19)23-20(16-8-5-9-17(22)14-16)21(24)15-6-3-2-4-7-15/h2-14,20,23H,1H3/t20-/m0/s1. The second kappa shape index (κ2) is 7.99. The fourth-order valence-corrected chi connectivity index (χ4v) is 3.03. The van der Waals surface area contributed by atoms with Gasteiger partial charge in [-0.2, -0.15) is 0 Å². The molecule has 0 aliphatic heterocycles. The number of anilines is 1. The van der Waals surface area contributed by atoms with Gasteiger partial charge in [-0.15, -0.1) is 0 Å². The molecule has 0 unspecified atom stereocenters. The van der Waals surface area contributed by atoms with Crippen molar-refractivity contribution in [2.24, 2.45) is 0 Å². The molecule has 0 saturated carbocycles. The van der Waals surface area contributed by atoms with Gasteiger partial charge in [-0.1, -0.05) is 58.4 Å². The number of benzene rings is 3. The number of hydrogen-bond donors (Lipinski definition) is 1. The van der Waals surface area contributed by atoms with Crippen molar-refractivity contribution in [3.05, 3.63) is 94.5 Å². The van der Waals surface area contributed by atoms with E-state index in [1.54, 1.807) is 7.11 Å². The van der Waals surface area contributed by atoms with Crippen molar-refractivity contribution in [3.8, 4) is 5.75 Å². The molecule has 3 aromatic rings. The Kier molecular flexibility index (Phi) is 5.51. The number of carbonyl (C=O) groups is 1. The summed E-state index contributed by atoms with van der Waals surface area (Å²) in [6, 6.07) is 24.2. The van der Waals surface area contributed by atoms with Gasteiger partial charge < -0.3 is 10.1 Å². The number of rotatable bonds is 6. The molecular formula is C21H18BrNO2. The molecule has 0 aromatic heterocycles. The Balaban J connectivity index is 1.95. The van der Waals surface area contributed by atoms with E-state index in [9.17, 15) is 4.79 Å². The van der Waals surface area contributed by atoms with Crippen LogP contribution in [0.5, 0.6) is 5.75 Å². The molecule has 0 saturated heterocycles. The van der Waals surface area contributed by atoms with Gasteiger partial charge in [0.05, 0.1) is 7.11 Å². The molecule has 0 radical (unpaired) electrons. The quantitative estimate of drug-likeness (QED) is 0.560. The van der Waals surface area contributed by atoms with Crippen molar-refractivity contribution in [3.63, 3.8) is 0 Å². The number of halogens is 1. The van der Waals surface area contributed by atoms with Crippen LogP contribution in [0.4, 0.5) is 5.69 Å². The lowest BCUT2D eigenvalue weighted by Crippen LogP contribution is -2.21. The predicted octanol–water partition coefficient (Wildman–Crippen LogP) is 5.49. The van der Waals surface area contributed by atoms with Gasteiger partial charge in [-0.3, -0.25) is 4.79 Å². The third-order valence-corrected chi connectivity index (χ3v) is 4.40. The molecule has 0 heterocycles. The summed E-state index contributed by atoms with van der Waals surface area (Å²) in [6.45, 7) is 0. The molecule has 0 fully saturated rings. The summed E-state index contributed by atoms with van der Waals surface area (Å²) in [7, 11) is 1.63. The van der Waals surface area contributed by atoms with Crippen molar-refractivity contribution in [2.45, 2.75) is 6.04 Å². The average Bonchev–Trinajstić information content (AvgIpc) is 2.67. The first-order chi connectivity index (χ1) is 12.2. The van der Waals surface area contributed by atoms with E-state index in [1.165, 1.54) is 0 Å². The minimum Gasteiger partial charge on any atom is -0.497 e. The molecule has 4 heteroatoms. The molecule has 3 rings (SSSR count). The van der Waals surface area contributed by atoms with Crippen LogP contribution in [0.25, 0.3) is 0 Å². The number of ketones is 1. The Morgan fingerprint density at radius 3 is 2.32 bits per heavy atom. The maximum atomic E-state index is 13.1. The maximum Gasteiger partial charge on any atom is 0.189 e. The molecular weight excluding hydrogens is 378 g/mol. The predicted molar refractivity (Wildman–Crippen MR) is 104 cm³/mol. The molecule has 0 aliphatic rings. The summed E-state index contributed by atoms with van der Waals surface area (Å²) >= 11 is 3.48.